The first-order valence-electron chi connectivity index (χ1n) is 6.68. The predicted octanol–water partition coefficient (Wildman–Crippen LogP) is 1.57. The third-order valence-electron chi connectivity index (χ3n) is 3.92. The van der Waals surface area contributed by atoms with Crippen LogP contribution >= 0.6 is 0 Å². The molecule has 1 aromatic heterocycles. The molecule has 1 aliphatic rings. The van der Waals surface area contributed by atoms with Gasteiger partial charge in [-0.25, -0.2) is 0 Å². The number of rotatable bonds is 1. The molecule has 2 aromatic rings. The van der Waals surface area contributed by atoms with Gasteiger partial charge in [-0.1, -0.05) is 18.2 Å². The molecule has 0 aliphatic carbocycles. The molecule has 1 aliphatic heterocycles. The van der Waals surface area contributed by atoms with Crippen molar-refractivity contribution in [3.05, 3.63) is 36.0 Å². The van der Waals surface area contributed by atoms with Crippen molar-refractivity contribution in [2.75, 3.05) is 33.2 Å². The van der Waals surface area contributed by atoms with Crippen molar-refractivity contribution in [2.24, 2.45) is 7.05 Å². The van der Waals surface area contributed by atoms with Crippen molar-refractivity contribution in [3.63, 3.8) is 0 Å². The topological polar surface area (TPSA) is 28.5 Å². The minimum atomic E-state index is 0.157. The number of carbonyl (C=O) groups excluding carboxylic acids is 1. The van der Waals surface area contributed by atoms with E-state index in [2.05, 4.69) is 18.0 Å². The van der Waals surface area contributed by atoms with Crippen LogP contribution in [0.15, 0.2) is 30.5 Å². The van der Waals surface area contributed by atoms with E-state index in [1.165, 1.54) is 0 Å². The number of hydrogen-bond donors (Lipinski definition) is 0. The van der Waals surface area contributed by atoms with Gasteiger partial charge in [0, 0.05) is 50.3 Å². The summed E-state index contributed by atoms with van der Waals surface area (Å²) in [6, 6.07) is 8.07. The Morgan fingerprint density at radius 1 is 1.05 bits per heavy atom. The average molecular weight is 257 g/mol. The van der Waals surface area contributed by atoms with Gasteiger partial charge in [0.2, 0.25) is 0 Å². The Morgan fingerprint density at radius 3 is 2.47 bits per heavy atom. The van der Waals surface area contributed by atoms with Gasteiger partial charge in [-0.15, -0.1) is 0 Å². The molecule has 19 heavy (non-hydrogen) atoms. The molecule has 100 valence electrons. The lowest BCUT2D eigenvalue weighted by Gasteiger charge is -2.32. The zero-order valence-corrected chi connectivity index (χ0v) is 11.5. The third-order valence-corrected chi connectivity index (χ3v) is 3.92. The van der Waals surface area contributed by atoms with Crippen LogP contribution in [0.4, 0.5) is 0 Å². The Morgan fingerprint density at radius 2 is 1.74 bits per heavy atom. The van der Waals surface area contributed by atoms with Gasteiger partial charge in [0.1, 0.15) is 0 Å². The molecule has 1 amide bonds. The number of benzene rings is 1. The fourth-order valence-electron chi connectivity index (χ4n) is 2.69. The first-order chi connectivity index (χ1) is 9.16. The highest BCUT2D eigenvalue weighted by Crippen LogP contribution is 2.22. The summed E-state index contributed by atoms with van der Waals surface area (Å²) in [4.78, 5) is 16.8. The molecule has 0 spiro atoms. The normalized spacial score (nSPS) is 17.1. The number of hydrogen-bond acceptors (Lipinski definition) is 2. The maximum Gasteiger partial charge on any atom is 0.256 e. The van der Waals surface area contributed by atoms with Gasteiger partial charge < -0.3 is 14.4 Å². The highest BCUT2D eigenvalue weighted by Gasteiger charge is 2.22. The van der Waals surface area contributed by atoms with E-state index < -0.39 is 0 Å². The molecule has 1 aromatic carbocycles. The number of para-hydroxylation sites is 1. The lowest BCUT2D eigenvalue weighted by molar-refractivity contribution is 0.0666. The van der Waals surface area contributed by atoms with Crippen molar-refractivity contribution in [1.82, 2.24) is 14.4 Å². The second kappa shape index (κ2) is 4.70. The molecule has 0 saturated carbocycles. The average Bonchev–Trinajstić information content (AvgIpc) is 2.77. The molecular formula is C15H19N3O. The zero-order valence-electron chi connectivity index (χ0n) is 11.5. The number of amides is 1. The molecule has 4 nitrogen and oxygen atoms in total. The lowest BCUT2D eigenvalue weighted by Crippen LogP contribution is -2.47. The summed E-state index contributed by atoms with van der Waals surface area (Å²) in [7, 11) is 4.09. The van der Waals surface area contributed by atoms with Gasteiger partial charge >= 0.3 is 0 Å². The fourth-order valence-corrected chi connectivity index (χ4v) is 2.69. The van der Waals surface area contributed by atoms with E-state index in [0.717, 1.165) is 42.6 Å². The second-order valence-electron chi connectivity index (χ2n) is 5.27. The molecule has 4 heteroatoms. The Kier molecular flexibility index (Phi) is 3.03. The summed E-state index contributed by atoms with van der Waals surface area (Å²) in [6.45, 7) is 3.55. The predicted molar refractivity (Wildman–Crippen MR) is 76.3 cm³/mol. The van der Waals surface area contributed by atoms with Crippen LogP contribution in [0.2, 0.25) is 0 Å². The highest BCUT2D eigenvalue weighted by molar-refractivity contribution is 6.07. The Bertz CT molecular complexity index is 609. The highest BCUT2D eigenvalue weighted by atomic mass is 16.2. The van der Waals surface area contributed by atoms with E-state index in [1.54, 1.807) is 0 Å². The standard InChI is InChI=1S/C15H19N3O/c1-16-7-9-18(10-8-16)15(19)13-11-17(2)14-6-4-3-5-12(13)14/h3-6,11H,7-10H2,1-2H3. The van der Waals surface area contributed by atoms with Gasteiger partial charge in [-0.3, -0.25) is 4.79 Å². The van der Waals surface area contributed by atoms with E-state index in [0.29, 0.717) is 0 Å². The number of piperazine rings is 1. The summed E-state index contributed by atoms with van der Waals surface area (Å²) >= 11 is 0. The molecule has 1 fully saturated rings. The molecule has 0 bridgehead atoms. The molecule has 0 radical (unpaired) electrons. The Hall–Kier alpha value is -1.81. The minimum absolute atomic E-state index is 0.157. The monoisotopic (exact) mass is 257 g/mol. The molecule has 2 heterocycles. The van der Waals surface area contributed by atoms with Crippen LogP contribution in [0.25, 0.3) is 10.9 Å². The van der Waals surface area contributed by atoms with Gasteiger partial charge in [0.25, 0.3) is 5.91 Å². The van der Waals surface area contributed by atoms with Crippen LogP contribution in [-0.2, 0) is 7.05 Å². The van der Waals surface area contributed by atoms with Crippen LogP contribution in [0.1, 0.15) is 10.4 Å². The maximum absolute atomic E-state index is 12.6. The van der Waals surface area contributed by atoms with Crippen molar-refractivity contribution < 1.29 is 4.79 Å². The summed E-state index contributed by atoms with van der Waals surface area (Å²) < 4.78 is 2.03. The SMILES string of the molecule is CN1CCN(C(=O)c2cn(C)c3ccccc23)CC1. The molecule has 1 saturated heterocycles. The third kappa shape index (κ3) is 2.12. The maximum atomic E-state index is 12.6. The van der Waals surface area contributed by atoms with Crippen LogP contribution < -0.4 is 0 Å². The number of aromatic nitrogens is 1. The first kappa shape index (κ1) is 12.2. The number of likely N-dealkylation sites (N-methyl/N-ethyl adjacent to an activating group) is 1. The van der Waals surface area contributed by atoms with E-state index in [-0.39, 0.29) is 5.91 Å². The summed E-state index contributed by atoms with van der Waals surface area (Å²) in [6.07, 6.45) is 1.95. The minimum Gasteiger partial charge on any atom is -0.350 e. The number of carbonyl (C=O) groups is 1. The van der Waals surface area contributed by atoms with Gasteiger partial charge in [-0.2, -0.15) is 0 Å². The fraction of sp³-hybridized carbons (Fsp3) is 0.400. The zero-order chi connectivity index (χ0) is 13.4. The van der Waals surface area contributed by atoms with E-state index in [4.69, 9.17) is 0 Å². The number of fused-ring (bicyclic) bond motifs is 1. The van der Waals surface area contributed by atoms with Crippen LogP contribution in [0.5, 0.6) is 0 Å². The summed E-state index contributed by atoms with van der Waals surface area (Å²) in [5, 5.41) is 1.05. The van der Waals surface area contributed by atoms with E-state index in [9.17, 15) is 4.79 Å². The van der Waals surface area contributed by atoms with Crippen molar-refractivity contribution in [3.8, 4) is 0 Å². The second-order valence-corrected chi connectivity index (χ2v) is 5.27. The molecule has 0 unspecified atom stereocenters. The Balaban J connectivity index is 1.94. The van der Waals surface area contributed by atoms with Crippen LogP contribution in [-0.4, -0.2) is 53.5 Å². The van der Waals surface area contributed by atoms with Gasteiger partial charge in [0.15, 0.2) is 0 Å². The van der Waals surface area contributed by atoms with Crippen molar-refractivity contribution in [2.45, 2.75) is 0 Å². The molecule has 0 N–H and O–H groups in total. The van der Waals surface area contributed by atoms with E-state index >= 15 is 0 Å². The first-order valence-corrected chi connectivity index (χ1v) is 6.68. The van der Waals surface area contributed by atoms with Gasteiger partial charge in [-0.05, 0) is 13.1 Å². The summed E-state index contributed by atoms with van der Waals surface area (Å²) in [5.74, 6) is 0.157. The van der Waals surface area contributed by atoms with Crippen LogP contribution in [0.3, 0.4) is 0 Å². The summed E-state index contributed by atoms with van der Waals surface area (Å²) in [5.41, 5.74) is 1.93. The quantitative estimate of drug-likeness (QED) is 0.776. The van der Waals surface area contributed by atoms with Crippen LogP contribution in [0, 0.1) is 0 Å². The van der Waals surface area contributed by atoms with Gasteiger partial charge in [0.05, 0.1) is 5.56 Å². The number of nitrogens with zero attached hydrogens (tertiary/aromatic N) is 3. The van der Waals surface area contributed by atoms with E-state index in [1.807, 2.05) is 40.9 Å². The smallest absolute Gasteiger partial charge is 0.256 e. The Labute approximate surface area is 113 Å². The largest absolute Gasteiger partial charge is 0.350 e. The number of aryl methyl sites for hydroxylation is 1. The molecular weight excluding hydrogens is 238 g/mol. The molecule has 0 atom stereocenters. The van der Waals surface area contributed by atoms with Crippen molar-refractivity contribution >= 4 is 16.8 Å². The lowest BCUT2D eigenvalue weighted by atomic mass is 10.1. The molecule has 3 rings (SSSR count). The van der Waals surface area contributed by atoms with Crippen molar-refractivity contribution in [1.29, 1.82) is 0 Å².